The average molecular weight is 256 g/mol. The summed E-state index contributed by atoms with van der Waals surface area (Å²) >= 11 is 0. The fourth-order valence-corrected chi connectivity index (χ4v) is 3.16. The Morgan fingerprint density at radius 3 is 1.78 bits per heavy atom. The van der Waals surface area contributed by atoms with E-state index in [4.69, 9.17) is 0 Å². The van der Waals surface area contributed by atoms with Gasteiger partial charge in [0, 0.05) is 0 Å². The van der Waals surface area contributed by atoms with Crippen molar-refractivity contribution in [3.05, 3.63) is 65.7 Å². The third-order valence-corrected chi connectivity index (χ3v) is 5.27. The van der Waals surface area contributed by atoms with Gasteiger partial charge in [0.05, 0.1) is 8.07 Å². The fraction of sp³-hybridized carbons (Fsp3) is 0.250. The summed E-state index contributed by atoms with van der Waals surface area (Å²) in [4.78, 5) is 0. The molecule has 0 amide bonds. The van der Waals surface area contributed by atoms with Crippen LogP contribution in [0.1, 0.15) is 17.2 Å². The van der Waals surface area contributed by atoms with Crippen molar-refractivity contribution in [1.82, 2.24) is 0 Å². The van der Waals surface area contributed by atoms with E-state index < -0.39 is 14.2 Å². The summed E-state index contributed by atoms with van der Waals surface area (Å²) in [5.41, 5.74) is 1.90. The summed E-state index contributed by atoms with van der Waals surface area (Å²) in [6, 6.07) is 18.2. The van der Waals surface area contributed by atoms with Gasteiger partial charge in [-0.25, -0.2) is 0 Å². The molecule has 2 heteroatoms. The summed E-state index contributed by atoms with van der Waals surface area (Å²) in [6.07, 6.45) is -0.526. The second kappa shape index (κ2) is 5.08. The van der Waals surface area contributed by atoms with E-state index in [1.807, 2.05) is 42.5 Å². The normalized spacial score (nSPS) is 13.3. The van der Waals surface area contributed by atoms with E-state index in [0.717, 1.165) is 11.1 Å². The number of hydrogen-bond acceptors (Lipinski definition) is 1. The van der Waals surface area contributed by atoms with Crippen LogP contribution in [-0.4, -0.2) is 13.2 Å². The number of rotatable bonds is 3. The van der Waals surface area contributed by atoms with Gasteiger partial charge in [-0.05, 0) is 11.1 Å². The Morgan fingerprint density at radius 2 is 1.28 bits per heavy atom. The van der Waals surface area contributed by atoms with Crippen molar-refractivity contribution >= 4 is 13.3 Å². The molecular formula is C16H20OSi. The lowest BCUT2D eigenvalue weighted by Crippen LogP contribution is -2.37. The van der Waals surface area contributed by atoms with Gasteiger partial charge in [0.25, 0.3) is 0 Å². The first-order valence-corrected chi connectivity index (χ1v) is 9.82. The van der Waals surface area contributed by atoms with Gasteiger partial charge in [0.1, 0.15) is 6.10 Å². The molecule has 94 valence electrons. The maximum atomic E-state index is 10.3. The van der Waals surface area contributed by atoms with E-state index in [-0.39, 0.29) is 0 Å². The molecule has 1 nitrogen and oxygen atoms in total. The predicted molar refractivity (Wildman–Crippen MR) is 79.9 cm³/mol. The molecule has 0 aliphatic carbocycles. The monoisotopic (exact) mass is 256 g/mol. The molecule has 0 aliphatic rings. The topological polar surface area (TPSA) is 20.2 Å². The largest absolute Gasteiger partial charge is 0.384 e. The van der Waals surface area contributed by atoms with Gasteiger partial charge in [-0.1, -0.05) is 79.4 Å². The highest BCUT2D eigenvalue weighted by atomic mass is 28.3. The summed E-state index contributed by atoms with van der Waals surface area (Å²) in [5.74, 6) is 0. The van der Waals surface area contributed by atoms with Crippen molar-refractivity contribution in [3.63, 3.8) is 0 Å². The molecule has 0 saturated heterocycles. The van der Waals surface area contributed by atoms with Crippen LogP contribution in [0.4, 0.5) is 0 Å². The van der Waals surface area contributed by atoms with Crippen LogP contribution >= 0.6 is 0 Å². The van der Waals surface area contributed by atoms with E-state index in [2.05, 4.69) is 31.8 Å². The second-order valence-corrected chi connectivity index (χ2v) is 10.8. The van der Waals surface area contributed by atoms with Gasteiger partial charge >= 0.3 is 0 Å². The minimum atomic E-state index is -1.25. The molecule has 0 spiro atoms. The van der Waals surface area contributed by atoms with Crippen molar-refractivity contribution in [3.8, 4) is 0 Å². The van der Waals surface area contributed by atoms with Gasteiger partial charge in [0.2, 0.25) is 0 Å². The molecule has 18 heavy (non-hydrogen) atoms. The Labute approximate surface area is 110 Å². The summed E-state index contributed by atoms with van der Waals surface area (Å²) in [5, 5.41) is 11.7. The highest BCUT2D eigenvalue weighted by Gasteiger charge is 2.17. The smallest absolute Gasteiger partial charge is 0.104 e. The van der Waals surface area contributed by atoms with Crippen LogP contribution < -0.4 is 5.19 Å². The van der Waals surface area contributed by atoms with E-state index in [1.165, 1.54) is 5.19 Å². The van der Waals surface area contributed by atoms with Gasteiger partial charge in [-0.3, -0.25) is 0 Å². The van der Waals surface area contributed by atoms with Gasteiger partial charge in [0.15, 0.2) is 0 Å². The van der Waals surface area contributed by atoms with E-state index >= 15 is 0 Å². The summed E-state index contributed by atoms with van der Waals surface area (Å²) < 4.78 is 0. The zero-order valence-electron chi connectivity index (χ0n) is 11.2. The number of aliphatic hydroxyl groups is 1. The van der Waals surface area contributed by atoms with E-state index in [0.29, 0.717) is 0 Å². The Bertz CT molecular complexity index is 497. The fourth-order valence-electron chi connectivity index (χ4n) is 1.99. The maximum absolute atomic E-state index is 10.3. The van der Waals surface area contributed by atoms with Gasteiger partial charge in [-0.2, -0.15) is 0 Å². The first-order chi connectivity index (χ1) is 8.48. The molecule has 0 aromatic heterocycles. The average Bonchev–Trinajstić information content (AvgIpc) is 2.38. The van der Waals surface area contributed by atoms with Crippen LogP contribution in [0.3, 0.4) is 0 Å². The van der Waals surface area contributed by atoms with Crippen LogP contribution in [0.2, 0.25) is 19.6 Å². The molecule has 1 N–H and O–H groups in total. The van der Waals surface area contributed by atoms with E-state index in [1.54, 1.807) is 0 Å². The summed E-state index contributed by atoms with van der Waals surface area (Å²) in [7, 11) is -1.25. The minimum Gasteiger partial charge on any atom is -0.384 e. The first kappa shape index (κ1) is 13.1. The molecule has 0 unspecified atom stereocenters. The third kappa shape index (κ3) is 2.89. The molecule has 1 atom stereocenters. The minimum absolute atomic E-state index is 0.526. The molecule has 2 aromatic rings. The lowest BCUT2D eigenvalue weighted by Gasteiger charge is -2.18. The number of benzene rings is 2. The van der Waals surface area contributed by atoms with Crippen LogP contribution in [0.25, 0.3) is 0 Å². The lowest BCUT2D eigenvalue weighted by atomic mass is 10.0. The van der Waals surface area contributed by atoms with Gasteiger partial charge < -0.3 is 5.11 Å². The molecule has 0 heterocycles. The summed E-state index contributed by atoms with van der Waals surface area (Å²) in [6.45, 7) is 6.99. The molecule has 0 bridgehead atoms. The van der Waals surface area contributed by atoms with Crippen molar-refractivity contribution in [2.24, 2.45) is 0 Å². The van der Waals surface area contributed by atoms with Crippen LogP contribution in [0.15, 0.2) is 54.6 Å². The van der Waals surface area contributed by atoms with Crippen LogP contribution in [0, 0.1) is 0 Å². The molecule has 0 fully saturated rings. The van der Waals surface area contributed by atoms with Crippen molar-refractivity contribution in [1.29, 1.82) is 0 Å². The standard InChI is InChI=1S/C16H20OSi/c1-18(2,3)15-11-9-14(10-12-15)16(17)13-7-5-4-6-8-13/h4-12,16-17H,1-3H3/t16-/m0/s1. The second-order valence-electron chi connectivity index (χ2n) is 5.69. The molecule has 0 saturated carbocycles. The molecule has 2 aromatic carbocycles. The highest BCUT2D eigenvalue weighted by molar-refractivity contribution is 6.88. The Balaban J connectivity index is 2.25. The Kier molecular flexibility index (Phi) is 3.69. The van der Waals surface area contributed by atoms with Gasteiger partial charge in [-0.15, -0.1) is 0 Å². The SMILES string of the molecule is C[Si](C)(C)c1ccc([C@@H](O)c2ccccc2)cc1. The maximum Gasteiger partial charge on any atom is 0.104 e. The zero-order valence-corrected chi connectivity index (χ0v) is 12.2. The lowest BCUT2D eigenvalue weighted by molar-refractivity contribution is 0.220. The quantitative estimate of drug-likeness (QED) is 0.835. The number of hydrogen-bond donors (Lipinski definition) is 1. The van der Waals surface area contributed by atoms with Crippen molar-refractivity contribution in [2.75, 3.05) is 0 Å². The Morgan fingerprint density at radius 1 is 0.778 bits per heavy atom. The molecule has 0 aliphatic heterocycles. The molecule has 2 rings (SSSR count). The van der Waals surface area contributed by atoms with E-state index in [9.17, 15) is 5.11 Å². The molecular weight excluding hydrogens is 236 g/mol. The Hall–Kier alpha value is -1.38. The molecule has 0 radical (unpaired) electrons. The first-order valence-electron chi connectivity index (χ1n) is 6.32. The third-order valence-electron chi connectivity index (χ3n) is 3.21. The predicted octanol–water partition coefficient (Wildman–Crippen LogP) is 3.31. The van der Waals surface area contributed by atoms with Crippen LogP contribution in [-0.2, 0) is 0 Å². The highest BCUT2D eigenvalue weighted by Crippen LogP contribution is 2.21. The van der Waals surface area contributed by atoms with Crippen LogP contribution in [0.5, 0.6) is 0 Å². The van der Waals surface area contributed by atoms with Crippen molar-refractivity contribution < 1.29 is 5.11 Å². The van der Waals surface area contributed by atoms with Crippen molar-refractivity contribution in [2.45, 2.75) is 25.7 Å². The number of aliphatic hydroxyl groups excluding tert-OH is 1. The zero-order chi connectivity index (χ0) is 13.2.